The van der Waals surface area contributed by atoms with Gasteiger partial charge in [0.1, 0.15) is 6.10 Å². The van der Waals surface area contributed by atoms with Crippen LogP contribution in [0.4, 0.5) is 8.78 Å². The van der Waals surface area contributed by atoms with Gasteiger partial charge in [-0.1, -0.05) is 36.4 Å². The molecule has 0 fully saturated rings. The van der Waals surface area contributed by atoms with Gasteiger partial charge in [0.15, 0.2) is 11.6 Å². The Morgan fingerprint density at radius 1 is 1.09 bits per heavy atom. The summed E-state index contributed by atoms with van der Waals surface area (Å²) in [6, 6.07) is 12.6. The number of carbonyl (C=O) groups excluding carboxylic acids is 1. The van der Waals surface area contributed by atoms with Crippen molar-refractivity contribution in [3.63, 3.8) is 0 Å². The number of hydrogen-bond donors (Lipinski definition) is 1. The molecule has 0 spiro atoms. The van der Waals surface area contributed by atoms with Crippen molar-refractivity contribution in [3.8, 4) is 0 Å². The minimum Gasteiger partial charge on any atom is -0.364 e. The van der Waals surface area contributed by atoms with E-state index < -0.39 is 23.8 Å². The van der Waals surface area contributed by atoms with Crippen LogP contribution in [0.5, 0.6) is 0 Å². The van der Waals surface area contributed by atoms with E-state index in [4.69, 9.17) is 4.74 Å². The van der Waals surface area contributed by atoms with E-state index in [2.05, 4.69) is 5.32 Å². The summed E-state index contributed by atoms with van der Waals surface area (Å²) in [4.78, 5) is 12.1. The van der Waals surface area contributed by atoms with Crippen LogP contribution < -0.4 is 5.32 Å². The number of ether oxygens (including phenoxy) is 1. The average molecular weight is 319 g/mol. The Labute approximate surface area is 134 Å². The summed E-state index contributed by atoms with van der Waals surface area (Å²) in [7, 11) is 0. The monoisotopic (exact) mass is 319 g/mol. The van der Waals surface area contributed by atoms with Crippen molar-refractivity contribution < 1.29 is 18.3 Å². The average Bonchev–Trinajstić information content (AvgIpc) is 2.55. The molecule has 23 heavy (non-hydrogen) atoms. The molecule has 0 aromatic heterocycles. The third kappa shape index (κ3) is 4.86. The van der Waals surface area contributed by atoms with E-state index in [-0.39, 0.29) is 5.91 Å². The lowest BCUT2D eigenvalue weighted by atomic mass is 10.1. The first-order valence-corrected chi connectivity index (χ1v) is 7.38. The second-order valence-corrected chi connectivity index (χ2v) is 5.34. The Balaban J connectivity index is 1.88. The van der Waals surface area contributed by atoms with Crippen molar-refractivity contribution in [1.29, 1.82) is 0 Å². The highest BCUT2D eigenvalue weighted by molar-refractivity contribution is 5.80. The molecule has 0 unspecified atom stereocenters. The van der Waals surface area contributed by atoms with E-state index in [1.807, 2.05) is 30.3 Å². The molecule has 3 nitrogen and oxygen atoms in total. The van der Waals surface area contributed by atoms with Crippen molar-refractivity contribution in [3.05, 3.63) is 71.3 Å². The quantitative estimate of drug-likeness (QED) is 0.880. The summed E-state index contributed by atoms with van der Waals surface area (Å²) < 4.78 is 31.7. The largest absolute Gasteiger partial charge is 0.364 e. The minimum absolute atomic E-state index is 0.307. The zero-order valence-corrected chi connectivity index (χ0v) is 13.1. The highest BCUT2D eigenvalue weighted by Crippen LogP contribution is 2.16. The van der Waals surface area contributed by atoms with Crippen LogP contribution in [0.1, 0.15) is 31.0 Å². The second-order valence-electron chi connectivity index (χ2n) is 5.34. The van der Waals surface area contributed by atoms with E-state index in [0.717, 1.165) is 17.7 Å². The standard InChI is InChI=1S/C18H19F2NO2/c1-12(15-8-9-16(19)17(20)10-15)21-18(22)13(2)23-11-14-6-4-3-5-7-14/h3-10,12-13H,11H2,1-2H3,(H,21,22)/t12-,13-/m1/s1. The van der Waals surface area contributed by atoms with Crippen LogP contribution in [0.3, 0.4) is 0 Å². The summed E-state index contributed by atoms with van der Waals surface area (Å²) in [5.74, 6) is -2.15. The van der Waals surface area contributed by atoms with Crippen LogP contribution in [0.2, 0.25) is 0 Å². The molecule has 0 heterocycles. The predicted molar refractivity (Wildman–Crippen MR) is 83.6 cm³/mol. The number of amides is 1. The highest BCUT2D eigenvalue weighted by atomic mass is 19.2. The van der Waals surface area contributed by atoms with Gasteiger partial charge in [-0.05, 0) is 37.1 Å². The molecule has 1 N–H and O–H groups in total. The van der Waals surface area contributed by atoms with Gasteiger partial charge in [0.05, 0.1) is 12.6 Å². The third-order valence-electron chi connectivity index (χ3n) is 3.51. The molecule has 0 bridgehead atoms. The summed E-state index contributed by atoms with van der Waals surface area (Å²) in [6.07, 6.45) is -0.650. The smallest absolute Gasteiger partial charge is 0.249 e. The van der Waals surface area contributed by atoms with Crippen LogP contribution in [0.25, 0.3) is 0 Å². The minimum atomic E-state index is -0.933. The molecule has 0 aliphatic heterocycles. The zero-order valence-electron chi connectivity index (χ0n) is 13.1. The molecule has 0 radical (unpaired) electrons. The van der Waals surface area contributed by atoms with Crippen molar-refractivity contribution in [2.24, 2.45) is 0 Å². The number of hydrogen-bond acceptors (Lipinski definition) is 2. The zero-order chi connectivity index (χ0) is 16.8. The fourth-order valence-electron chi connectivity index (χ4n) is 2.07. The van der Waals surface area contributed by atoms with E-state index in [0.29, 0.717) is 12.2 Å². The third-order valence-corrected chi connectivity index (χ3v) is 3.51. The van der Waals surface area contributed by atoms with Crippen LogP contribution in [0, 0.1) is 11.6 Å². The molecule has 0 saturated carbocycles. The van der Waals surface area contributed by atoms with E-state index in [1.165, 1.54) is 6.07 Å². The number of rotatable bonds is 6. The van der Waals surface area contributed by atoms with Gasteiger partial charge in [-0.3, -0.25) is 4.79 Å². The Kier molecular flexibility index (Phi) is 5.82. The first-order valence-electron chi connectivity index (χ1n) is 7.38. The van der Waals surface area contributed by atoms with Gasteiger partial charge < -0.3 is 10.1 Å². The fourth-order valence-corrected chi connectivity index (χ4v) is 2.07. The molecule has 1 amide bonds. The summed E-state index contributed by atoms with van der Waals surface area (Å²) in [6.45, 7) is 3.68. The molecule has 0 saturated heterocycles. The Bertz CT molecular complexity index is 661. The number of nitrogens with one attached hydrogen (secondary N) is 1. The van der Waals surface area contributed by atoms with Gasteiger partial charge >= 0.3 is 0 Å². The molecule has 2 rings (SSSR count). The van der Waals surface area contributed by atoms with E-state index in [1.54, 1.807) is 13.8 Å². The maximum atomic E-state index is 13.2. The highest BCUT2D eigenvalue weighted by Gasteiger charge is 2.17. The SMILES string of the molecule is C[C@@H](OCc1ccccc1)C(=O)N[C@H](C)c1ccc(F)c(F)c1. The summed E-state index contributed by atoms with van der Waals surface area (Å²) in [5.41, 5.74) is 1.47. The van der Waals surface area contributed by atoms with E-state index >= 15 is 0 Å². The molecule has 122 valence electrons. The van der Waals surface area contributed by atoms with E-state index in [9.17, 15) is 13.6 Å². The number of carbonyl (C=O) groups is 1. The van der Waals surface area contributed by atoms with Crippen LogP contribution in [0.15, 0.2) is 48.5 Å². The molecule has 2 atom stereocenters. The molecular weight excluding hydrogens is 300 g/mol. The van der Waals surface area contributed by atoms with Gasteiger partial charge in [-0.2, -0.15) is 0 Å². The number of halogens is 2. The van der Waals surface area contributed by atoms with Gasteiger partial charge in [0.2, 0.25) is 5.91 Å². The Morgan fingerprint density at radius 3 is 2.43 bits per heavy atom. The molecule has 5 heteroatoms. The van der Waals surface area contributed by atoms with Gasteiger partial charge in [-0.15, -0.1) is 0 Å². The number of benzene rings is 2. The lowest BCUT2D eigenvalue weighted by Gasteiger charge is -2.18. The lowest BCUT2D eigenvalue weighted by molar-refractivity contribution is -0.133. The molecule has 2 aromatic rings. The Morgan fingerprint density at radius 2 is 1.78 bits per heavy atom. The maximum Gasteiger partial charge on any atom is 0.249 e. The summed E-state index contributed by atoms with van der Waals surface area (Å²) >= 11 is 0. The summed E-state index contributed by atoms with van der Waals surface area (Å²) in [5, 5.41) is 2.73. The van der Waals surface area contributed by atoms with Crippen molar-refractivity contribution in [1.82, 2.24) is 5.32 Å². The molecular formula is C18H19F2NO2. The van der Waals surface area contributed by atoms with Gasteiger partial charge in [0.25, 0.3) is 0 Å². The second kappa shape index (κ2) is 7.83. The Hall–Kier alpha value is -2.27. The fraction of sp³-hybridized carbons (Fsp3) is 0.278. The first-order chi connectivity index (χ1) is 11.0. The maximum absolute atomic E-state index is 13.2. The lowest BCUT2D eigenvalue weighted by Crippen LogP contribution is -2.36. The van der Waals surface area contributed by atoms with Gasteiger partial charge in [-0.25, -0.2) is 8.78 Å². The van der Waals surface area contributed by atoms with Crippen molar-refractivity contribution in [2.45, 2.75) is 32.6 Å². The molecule has 2 aromatic carbocycles. The predicted octanol–water partition coefficient (Wildman–Crippen LogP) is 3.75. The van der Waals surface area contributed by atoms with Gasteiger partial charge in [0, 0.05) is 0 Å². The molecule has 0 aliphatic rings. The molecule has 0 aliphatic carbocycles. The first kappa shape index (κ1) is 17.1. The van der Waals surface area contributed by atoms with Crippen molar-refractivity contribution >= 4 is 5.91 Å². The van der Waals surface area contributed by atoms with Crippen LogP contribution >= 0.6 is 0 Å². The van der Waals surface area contributed by atoms with Crippen molar-refractivity contribution in [2.75, 3.05) is 0 Å². The van der Waals surface area contributed by atoms with Crippen LogP contribution in [-0.2, 0) is 16.1 Å². The van der Waals surface area contributed by atoms with Crippen LogP contribution in [-0.4, -0.2) is 12.0 Å². The normalized spacial score (nSPS) is 13.4. The topological polar surface area (TPSA) is 38.3 Å².